The van der Waals surface area contributed by atoms with Gasteiger partial charge in [-0.1, -0.05) is 0 Å². The highest BCUT2D eigenvalue weighted by Gasteiger charge is 2.48. The van der Waals surface area contributed by atoms with Crippen molar-refractivity contribution in [2.45, 2.75) is 43.7 Å². The van der Waals surface area contributed by atoms with Crippen LogP contribution in [0.15, 0.2) is 48.7 Å². The monoisotopic (exact) mass is 484 g/mol. The number of hydrogen-bond donors (Lipinski definition) is 2. The first-order valence-electron chi connectivity index (χ1n) is 11.6. The topological polar surface area (TPSA) is 70.7 Å². The van der Waals surface area contributed by atoms with Crippen molar-refractivity contribution in [2.75, 3.05) is 7.05 Å². The lowest BCUT2D eigenvalue weighted by atomic mass is 9.73. The molecule has 1 saturated carbocycles. The minimum Gasteiger partial charge on any atom is -0.355 e. The number of nitrogens with one attached hydrogen (secondary N) is 2. The number of alkyl halides is 3. The molecule has 0 bridgehead atoms. The fourth-order valence-electron chi connectivity index (χ4n) is 5.36. The number of fused-ring (bicyclic) bond motifs is 2. The maximum atomic E-state index is 14.3. The van der Waals surface area contributed by atoms with Crippen LogP contribution >= 0.6 is 0 Å². The minimum atomic E-state index is -4.47. The van der Waals surface area contributed by atoms with Crippen molar-refractivity contribution in [3.8, 4) is 0 Å². The number of carbonyl (C=O) groups is 1. The van der Waals surface area contributed by atoms with E-state index < -0.39 is 18.0 Å². The van der Waals surface area contributed by atoms with E-state index in [2.05, 4.69) is 20.3 Å². The Bertz CT molecular complexity index is 1390. The molecule has 1 amide bonds. The summed E-state index contributed by atoms with van der Waals surface area (Å²) < 4.78 is 56.7. The first-order chi connectivity index (χ1) is 16.7. The Hall–Kier alpha value is -3.49. The Morgan fingerprint density at radius 2 is 1.83 bits per heavy atom. The molecule has 1 aliphatic carbocycles. The number of pyridine rings is 1. The summed E-state index contributed by atoms with van der Waals surface area (Å²) in [4.78, 5) is 23.3. The summed E-state index contributed by atoms with van der Waals surface area (Å²) >= 11 is 0. The van der Waals surface area contributed by atoms with Gasteiger partial charge in [0.15, 0.2) is 0 Å². The number of carbonyl (C=O) groups excluding carboxylic acids is 1. The van der Waals surface area contributed by atoms with Crippen LogP contribution in [0.4, 0.5) is 17.6 Å². The van der Waals surface area contributed by atoms with Crippen molar-refractivity contribution in [3.63, 3.8) is 0 Å². The zero-order valence-electron chi connectivity index (χ0n) is 19.0. The van der Waals surface area contributed by atoms with E-state index in [0.717, 1.165) is 5.56 Å². The van der Waals surface area contributed by atoms with Gasteiger partial charge in [-0.05, 0) is 85.5 Å². The van der Waals surface area contributed by atoms with Crippen molar-refractivity contribution in [2.24, 2.45) is 5.92 Å². The molecule has 1 aliphatic rings. The fourth-order valence-corrected chi connectivity index (χ4v) is 5.36. The number of rotatable bonds is 4. The number of benzene rings is 2. The van der Waals surface area contributed by atoms with Crippen LogP contribution in [0.3, 0.4) is 0 Å². The van der Waals surface area contributed by atoms with E-state index in [1.54, 1.807) is 24.4 Å². The molecule has 2 aromatic heterocycles. The predicted octanol–water partition coefficient (Wildman–Crippen LogP) is 6.23. The SMILES string of the molecule is CNC(=O)c1ccc2[nH]c([C@@H]([C@H]3CC[C@@H](c4ccnc5ccc(F)cc54)CC3)C(F)(F)F)nc2c1. The summed E-state index contributed by atoms with van der Waals surface area (Å²) in [5, 5.41) is 3.22. The minimum absolute atomic E-state index is 0.0400. The number of hydrogen-bond acceptors (Lipinski definition) is 3. The van der Waals surface area contributed by atoms with Gasteiger partial charge in [-0.15, -0.1) is 0 Å². The number of amides is 1. The second-order valence-electron chi connectivity index (χ2n) is 9.13. The molecule has 2 heterocycles. The molecule has 0 saturated heterocycles. The zero-order chi connectivity index (χ0) is 24.7. The van der Waals surface area contributed by atoms with Crippen molar-refractivity contribution in [1.82, 2.24) is 20.3 Å². The van der Waals surface area contributed by atoms with Gasteiger partial charge in [0.1, 0.15) is 17.6 Å². The molecule has 0 unspecified atom stereocenters. The predicted molar refractivity (Wildman–Crippen MR) is 125 cm³/mol. The molecule has 182 valence electrons. The van der Waals surface area contributed by atoms with Gasteiger partial charge < -0.3 is 10.3 Å². The average molecular weight is 484 g/mol. The lowest BCUT2D eigenvalue weighted by Gasteiger charge is -2.34. The Kier molecular flexibility index (Phi) is 5.94. The van der Waals surface area contributed by atoms with Gasteiger partial charge in [0.05, 0.1) is 16.6 Å². The van der Waals surface area contributed by atoms with Crippen molar-refractivity contribution in [1.29, 1.82) is 0 Å². The highest BCUT2D eigenvalue weighted by molar-refractivity contribution is 5.97. The maximum Gasteiger partial charge on any atom is 0.399 e. The van der Waals surface area contributed by atoms with Crippen LogP contribution in [-0.4, -0.2) is 34.1 Å². The highest BCUT2D eigenvalue weighted by Crippen LogP contribution is 2.48. The van der Waals surface area contributed by atoms with Crippen LogP contribution < -0.4 is 5.32 Å². The van der Waals surface area contributed by atoms with Crippen molar-refractivity contribution in [3.05, 3.63) is 71.4 Å². The number of imidazole rings is 1. The van der Waals surface area contributed by atoms with Crippen molar-refractivity contribution >= 4 is 27.8 Å². The van der Waals surface area contributed by atoms with E-state index in [1.807, 2.05) is 6.07 Å². The van der Waals surface area contributed by atoms with Crippen LogP contribution in [0.2, 0.25) is 0 Å². The molecule has 5 nitrogen and oxygen atoms in total. The van der Waals surface area contributed by atoms with Gasteiger partial charge in [-0.2, -0.15) is 13.2 Å². The normalized spacial score (nSPS) is 19.7. The van der Waals surface area contributed by atoms with E-state index in [9.17, 15) is 22.4 Å². The molecule has 4 aromatic rings. The number of H-pyrrole nitrogens is 1. The Morgan fingerprint density at radius 1 is 1.06 bits per heavy atom. The molecular weight excluding hydrogens is 460 g/mol. The van der Waals surface area contributed by atoms with E-state index >= 15 is 0 Å². The standard InChI is InChI=1S/C26H24F4N4O/c1-31-25(35)16-6-8-21-22(12-16)34-24(33-21)23(26(28,29)30)15-4-2-14(3-5-15)18-10-11-32-20-9-7-17(27)13-19(18)20/h6-15,23H,2-5H2,1H3,(H,31,35)(H,33,34)/t14-,15+,23-/m1/s1. The van der Waals surface area contributed by atoms with E-state index in [1.165, 1.54) is 25.2 Å². The van der Waals surface area contributed by atoms with Gasteiger partial charge in [0.25, 0.3) is 5.91 Å². The number of aromatic amines is 1. The fraction of sp³-hybridized carbons (Fsp3) is 0.346. The summed E-state index contributed by atoms with van der Waals surface area (Å²) in [5.41, 5.74) is 2.73. The number of aromatic nitrogens is 3. The third-order valence-electron chi connectivity index (χ3n) is 7.06. The van der Waals surface area contributed by atoms with Crippen LogP contribution in [0, 0.1) is 11.7 Å². The molecule has 1 fully saturated rings. The van der Waals surface area contributed by atoms with Crippen LogP contribution in [0.5, 0.6) is 0 Å². The van der Waals surface area contributed by atoms with Gasteiger partial charge in [-0.25, -0.2) is 9.37 Å². The molecule has 0 aliphatic heterocycles. The highest BCUT2D eigenvalue weighted by atomic mass is 19.4. The van der Waals surface area contributed by atoms with Crippen LogP contribution in [0.25, 0.3) is 21.9 Å². The maximum absolute atomic E-state index is 14.3. The largest absolute Gasteiger partial charge is 0.399 e. The van der Waals surface area contributed by atoms with Gasteiger partial charge >= 0.3 is 6.18 Å². The van der Waals surface area contributed by atoms with E-state index in [4.69, 9.17) is 0 Å². The molecule has 2 aromatic carbocycles. The zero-order valence-corrected chi connectivity index (χ0v) is 19.0. The first-order valence-corrected chi connectivity index (χ1v) is 11.6. The molecule has 9 heteroatoms. The second kappa shape index (κ2) is 8.94. The third kappa shape index (κ3) is 4.47. The number of halogens is 4. The summed E-state index contributed by atoms with van der Waals surface area (Å²) in [7, 11) is 1.49. The lowest BCUT2D eigenvalue weighted by Crippen LogP contribution is -2.31. The molecule has 0 spiro atoms. The molecule has 1 atom stereocenters. The van der Waals surface area contributed by atoms with Gasteiger partial charge in [-0.3, -0.25) is 9.78 Å². The molecule has 2 N–H and O–H groups in total. The van der Waals surface area contributed by atoms with Crippen molar-refractivity contribution < 1.29 is 22.4 Å². The average Bonchev–Trinajstić information content (AvgIpc) is 3.25. The van der Waals surface area contributed by atoms with Gasteiger partial charge in [0, 0.05) is 24.2 Å². The van der Waals surface area contributed by atoms with Crippen LogP contribution in [-0.2, 0) is 0 Å². The quantitative estimate of drug-likeness (QED) is 0.338. The molecular formula is C26H24F4N4O. The lowest BCUT2D eigenvalue weighted by molar-refractivity contribution is -0.166. The van der Waals surface area contributed by atoms with Gasteiger partial charge in [0.2, 0.25) is 0 Å². The summed E-state index contributed by atoms with van der Waals surface area (Å²) in [6.45, 7) is 0. The molecule has 35 heavy (non-hydrogen) atoms. The Balaban J connectivity index is 1.41. The smallest absolute Gasteiger partial charge is 0.355 e. The first kappa shape index (κ1) is 23.3. The van der Waals surface area contributed by atoms with Crippen LogP contribution in [0.1, 0.15) is 59.3 Å². The third-order valence-corrected chi connectivity index (χ3v) is 7.06. The van der Waals surface area contributed by atoms with E-state index in [-0.39, 0.29) is 23.5 Å². The Morgan fingerprint density at radius 3 is 2.54 bits per heavy atom. The summed E-state index contributed by atoms with van der Waals surface area (Å²) in [6, 6.07) is 10.9. The molecule has 5 rings (SSSR count). The Labute approximate surface area is 199 Å². The summed E-state index contributed by atoms with van der Waals surface area (Å²) in [5.74, 6) is -3.13. The number of nitrogens with zero attached hydrogens (tertiary/aromatic N) is 2. The molecule has 0 radical (unpaired) electrons. The summed E-state index contributed by atoms with van der Waals surface area (Å²) in [6.07, 6.45) is -0.937. The van der Waals surface area contributed by atoms with E-state index in [0.29, 0.717) is 53.2 Å². The second-order valence-corrected chi connectivity index (χ2v) is 9.13.